The van der Waals surface area contributed by atoms with Gasteiger partial charge in [-0.1, -0.05) is 12.1 Å². The van der Waals surface area contributed by atoms with E-state index in [1.54, 1.807) is 12.1 Å². The van der Waals surface area contributed by atoms with Gasteiger partial charge in [-0.2, -0.15) is 0 Å². The normalized spacial score (nSPS) is 15.8. The maximum absolute atomic E-state index is 11.1. The molecule has 0 amide bonds. The Morgan fingerprint density at radius 1 is 1.36 bits per heavy atom. The first kappa shape index (κ1) is 9.76. The van der Waals surface area contributed by atoms with E-state index in [0.29, 0.717) is 17.9 Å². The maximum Gasteiger partial charge on any atom is 0.264 e. The van der Waals surface area contributed by atoms with Crippen molar-refractivity contribution in [3.05, 3.63) is 23.8 Å². The molecule has 1 heterocycles. The second kappa shape index (κ2) is 3.42. The minimum Gasteiger partial charge on any atom is -0.466 e. The predicted octanol–water partition coefficient (Wildman–Crippen LogP) is 1.48. The zero-order valence-electron chi connectivity index (χ0n) is 7.07. The van der Waals surface area contributed by atoms with Crippen LogP contribution in [0.5, 0.6) is 5.75 Å². The van der Waals surface area contributed by atoms with Crippen LogP contribution in [0.25, 0.3) is 0 Å². The Kier molecular flexibility index (Phi) is 2.38. The van der Waals surface area contributed by atoms with Gasteiger partial charge in [-0.25, -0.2) is 8.42 Å². The lowest BCUT2D eigenvalue weighted by Gasteiger charge is -2.18. The summed E-state index contributed by atoms with van der Waals surface area (Å²) in [5, 5.41) is 0. The minimum atomic E-state index is -3.75. The van der Waals surface area contributed by atoms with Gasteiger partial charge in [0.1, 0.15) is 10.6 Å². The molecule has 14 heavy (non-hydrogen) atoms. The second-order valence-electron chi connectivity index (χ2n) is 2.79. The van der Waals surface area contributed by atoms with Gasteiger partial charge < -0.3 is 9.47 Å². The van der Waals surface area contributed by atoms with Gasteiger partial charge in [0.25, 0.3) is 9.05 Å². The molecule has 0 atom stereocenters. The van der Waals surface area contributed by atoms with Crippen LogP contribution in [-0.2, 0) is 20.4 Å². The summed E-state index contributed by atoms with van der Waals surface area (Å²) in [4.78, 5) is -0.0000309. The molecule has 0 aliphatic carbocycles. The molecule has 1 aliphatic rings. The van der Waals surface area contributed by atoms with Crippen LogP contribution in [0.1, 0.15) is 5.56 Å². The van der Waals surface area contributed by atoms with Crippen molar-refractivity contribution in [1.29, 1.82) is 0 Å². The minimum absolute atomic E-state index is 0.0000309. The highest BCUT2D eigenvalue weighted by Crippen LogP contribution is 2.32. The Morgan fingerprint density at radius 2 is 2.14 bits per heavy atom. The molecule has 0 saturated carbocycles. The molecule has 0 unspecified atom stereocenters. The molecule has 6 heteroatoms. The molecule has 1 aromatic carbocycles. The van der Waals surface area contributed by atoms with Crippen LogP contribution >= 0.6 is 10.7 Å². The Bertz CT molecular complexity index is 454. The van der Waals surface area contributed by atoms with E-state index in [1.165, 1.54) is 6.07 Å². The predicted molar refractivity (Wildman–Crippen MR) is 49.8 cm³/mol. The van der Waals surface area contributed by atoms with E-state index in [0.717, 1.165) is 0 Å². The summed E-state index contributed by atoms with van der Waals surface area (Å²) in [5.74, 6) is 0.300. The Balaban J connectivity index is 2.62. The number of para-hydroxylation sites is 1. The van der Waals surface area contributed by atoms with Gasteiger partial charge in [-0.15, -0.1) is 0 Å². The SMILES string of the molecule is O=S(=O)(Cl)c1cccc2c1OCOC2. The van der Waals surface area contributed by atoms with E-state index in [-0.39, 0.29) is 11.7 Å². The highest BCUT2D eigenvalue weighted by molar-refractivity contribution is 8.13. The highest BCUT2D eigenvalue weighted by Gasteiger charge is 2.22. The Hall–Kier alpha value is -0.780. The van der Waals surface area contributed by atoms with Crippen LogP contribution in [0.2, 0.25) is 0 Å². The summed E-state index contributed by atoms with van der Waals surface area (Å²) in [6.07, 6.45) is 0. The summed E-state index contributed by atoms with van der Waals surface area (Å²) in [6, 6.07) is 4.75. The largest absolute Gasteiger partial charge is 0.466 e. The monoisotopic (exact) mass is 234 g/mol. The molecule has 2 rings (SSSR count). The van der Waals surface area contributed by atoms with Crippen LogP contribution in [0.4, 0.5) is 0 Å². The molecule has 0 bridgehead atoms. The first-order valence-corrected chi connectivity index (χ1v) is 6.17. The van der Waals surface area contributed by atoms with Crippen LogP contribution < -0.4 is 4.74 Å². The molecule has 0 aromatic heterocycles. The molecular formula is C8H7ClO4S. The Labute approximate surface area is 85.8 Å². The second-order valence-corrected chi connectivity index (χ2v) is 5.33. The van der Waals surface area contributed by atoms with E-state index in [1.807, 2.05) is 0 Å². The van der Waals surface area contributed by atoms with Gasteiger partial charge in [-0.3, -0.25) is 0 Å². The van der Waals surface area contributed by atoms with Gasteiger partial charge in [0.05, 0.1) is 6.61 Å². The molecule has 0 fully saturated rings. The number of halogens is 1. The van der Waals surface area contributed by atoms with Crippen LogP contribution in [0.3, 0.4) is 0 Å². The van der Waals surface area contributed by atoms with E-state index in [9.17, 15) is 8.42 Å². The third kappa shape index (κ3) is 1.70. The van der Waals surface area contributed by atoms with Crippen molar-refractivity contribution in [2.75, 3.05) is 6.79 Å². The summed E-state index contributed by atoms with van der Waals surface area (Å²) >= 11 is 0. The molecule has 0 spiro atoms. The smallest absolute Gasteiger partial charge is 0.264 e. The third-order valence-electron chi connectivity index (χ3n) is 1.87. The van der Waals surface area contributed by atoms with Crippen molar-refractivity contribution in [2.24, 2.45) is 0 Å². The van der Waals surface area contributed by atoms with Crippen molar-refractivity contribution in [1.82, 2.24) is 0 Å². The molecular weight excluding hydrogens is 228 g/mol. The molecule has 1 aliphatic heterocycles. The lowest BCUT2D eigenvalue weighted by Crippen LogP contribution is -2.13. The van der Waals surface area contributed by atoms with Crippen molar-refractivity contribution >= 4 is 19.7 Å². The molecule has 1 aromatic rings. The fraction of sp³-hybridized carbons (Fsp3) is 0.250. The number of fused-ring (bicyclic) bond motifs is 1. The molecule has 0 N–H and O–H groups in total. The maximum atomic E-state index is 11.1. The standard InChI is InChI=1S/C8H7ClO4S/c9-14(10,11)7-3-1-2-6-4-12-5-13-8(6)7/h1-3H,4-5H2. The average molecular weight is 235 g/mol. The van der Waals surface area contributed by atoms with E-state index < -0.39 is 9.05 Å². The molecule has 0 radical (unpaired) electrons. The zero-order valence-corrected chi connectivity index (χ0v) is 8.64. The zero-order chi connectivity index (χ0) is 10.2. The quantitative estimate of drug-likeness (QED) is 0.691. The topological polar surface area (TPSA) is 52.6 Å². The lowest BCUT2D eigenvalue weighted by atomic mass is 10.2. The fourth-order valence-electron chi connectivity index (χ4n) is 1.28. The lowest BCUT2D eigenvalue weighted by molar-refractivity contribution is -0.0184. The van der Waals surface area contributed by atoms with Gasteiger partial charge in [0, 0.05) is 16.2 Å². The van der Waals surface area contributed by atoms with Gasteiger partial charge in [0.15, 0.2) is 6.79 Å². The van der Waals surface area contributed by atoms with E-state index in [2.05, 4.69) is 0 Å². The summed E-state index contributed by atoms with van der Waals surface area (Å²) in [5.41, 5.74) is 0.693. The first-order chi connectivity index (χ1) is 6.59. The third-order valence-corrected chi connectivity index (χ3v) is 3.21. The summed E-state index contributed by atoms with van der Waals surface area (Å²) < 4.78 is 32.4. The van der Waals surface area contributed by atoms with Crippen LogP contribution in [0, 0.1) is 0 Å². The molecule has 4 nitrogen and oxygen atoms in total. The Morgan fingerprint density at radius 3 is 2.86 bits per heavy atom. The van der Waals surface area contributed by atoms with Gasteiger partial charge >= 0.3 is 0 Å². The van der Waals surface area contributed by atoms with Crippen molar-refractivity contribution in [3.63, 3.8) is 0 Å². The van der Waals surface area contributed by atoms with Crippen LogP contribution in [-0.4, -0.2) is 15.2 Å². The average Bonchev–Trinajstić information content (AvgIpc) is 2.15. The van der Waals surface area contributed by atoms with Crippen molar-refractivity contribution < 1.29 is 17.9 Å². The summed E-state index contributed by atoms with van der Waals surface area (Å²) in [7, 11) is 1.49. The van der Waals surface area contributed by atoms with Crippen molar-refractivity contribution in [3.8, 4) is 5.75 Å². The van der Waals surface area contributed by atoms with Crippen LogP contribution in [0.15, 0.2) is 23.1 Å². The van der Waals surface area contributed by atoms with Gasteiger partial charge in [0.2, 0.25) is 0 Å². The first-order valence-electron chi connectivity index (χ1n) is 3.86. The number of rotatable bonds is 1. The molecule has 0 saturated heterocycles. The van der Waals surface area contributed by atoms with E-state index in [4.69, 9.17) is 20.2 Å². The number of benzene rings is 1. The van der Waals surface area contributed by atoms with E-state index >= 15 is 0 Å². The summed E-state index contributed by atoms with van der Waals surface area (Å²) in [6.45, 7) is 0.395. The number of hydrogen-bond donors (Lipinski definition) is 0. The molecule has 76 valence electrons. The number of hydrogen-bond acceptors (Lipinski definition) is 4. The highest BCUT2D eigenvalue weighted by atomic mass is 35.7. The van der Waals surface area contributed by atoms with Gasteiger partial charge in [-0.05, 0) is 6.07 Å². The van der Waals surface area contributed by atoms with Crippen molar-refractivity contribution in [2.45, 2.75) is 11.5 Å². The fourth-order valence-corrected chi connectivity index (χ4v) is 2.30. The number of ether oxygens (including phenoxy) is 2.